The Morgan fingerprint density at radius 2 is 1.72 bits per heavy atom. The lowest BCUT2D eigenvalue weighted by Crippen LogP contribution is -2.47. The van der Waals surface area contributed by atoms with Crippen LogP contribution in [0.5, 0.6) is 5.75 Å². The number of hydrogen-bond donors (Lipinski definition) is 0. The number of pyridine rings is 1. The van der Waals surface area contributed by atoms with Gasteiger partial charge < -0.3 is 19.4 Å². The summed E-state index contributed by atoms with van der Waals surface area (Å²) in [6, 6.07) is 17.4. The summed E-state index contributed by atoms with van der Waals surface area (Å²) in [6.45, 7) is 7.12. The van der Waals surface area contributed by atoms with Gasteiger partial charge in [0.25, 0.3) is 5.91 Å². The monoisotopic (exact) mass is 524 g/mol. The van der Waals surface area contributed by atoms with Gasteiger partial charge in [0.1, 0.15) is 5.75 Å². The van der Waals surface area contributed by atoms with Crippen LogP contribution in [0.25, 0.3) is 0 Å². The standard InChI is InChI=1S/C33H40N4O2/c1-23-10-14-36(15-11-23)28-12-16-37(17-13-28)29-9-8-25(32(21-29)39-3)19-27-20-26-18-24-6-4-5-7-30(24)33(38)35(2)31(26)22-34-27/h4-9,20-23,28H,10-19H2,1-3H3. The van der Waals surface area contributed by atoms with Gasteiger partial charge in [0.15, 0.2) is 0 Å². The van der Waals surface area contributed by atoms with Crippen molar-refractivity contribution in [2.45, 2.75) is 51.5 Å². The second-order valence-electron chi connectivity index (χ2n) is 11.6. The van der Waals surface area contributed by atoms with Crippen molar-refractivity contribution in [1.29, 1.82) is 0 Å². The maximum atomic E-state index is 13.0. The van der Waals surface area contributed by atoms with Gasteiger partial charge in [-0.25, -0.2) is 0 Å². The lowest BCUT2D eigenvalue weighted by Gasteiger charge is -2.42. The number of carbonyl (C=O) groups is 1. The molecular formula is C33H40N4O2. The smallest absolute Gasteiger partial charge is 0.258 e. The van der Waals surface area contributed by atoms with Crippen LogP contribution in [0.3, 0.4) is 0 Å². The first kappa shape index (κ1) is 25.9. The van der Waals surface area contributed by atoms with Gasteiger partial charge in [0, 0.05) is 67.6 Å². The Hall–Kier alpha value is -3.38. The van der Waals surface area contributed by atoms with Gasteiger partial charge in [-0.3, -0.25) is 9.78 Å². The number of ether oxygens (including phenoxy) is 1. The highest BCUT2D eigenvalue weighted by Crippen LogP contribution is 2.33. The Kier molecular flexibility index (Phi) is 7.30. The topological polar surface area (TPSA) is 48.9 Å². The van der Waals surface area contributed by atoms with Crippen molar-refractivity contribution in [3.05, 3.63) is 82.7 Å². The fourth-order valence-corrected chi connectivity index (χ4v) is 6.61. The number of methoxy groups -OCH3 is 1. The number of piperidine rings is 2. The van der Waals surface area contributed by atoms with E-state index in [0.717, 1.165) is 70.9 Å². The van der Waals surface area contributed by atoms with Crippen LogP contribution in [0.4, 0.5) is 11.4 Å². The van der Waals surface area contributed by atoms with Crippen molar-refractivity contribution in [3.63, 3.8) is 0 Å². The van der Waals surface area contributed by atoms with Crippen LogP contribution >= 0.6 is 0 Å². The summed E-state index contributed by atoms with van der Waals surface area (Å²) < 4.78 is 5.87. The third-order valence-corrected chi connectivity index (χ3v) is 9.12. The predicted molar refractivity (Wildman–Crippen MR) is 157 cm³/mol. The van der Waals surface area contributed by atoms with E-state index in [1.54, 1.807) is 12.0 Å². The quantitative estimate of drug-likeness (QED) is 0.437. The number of aromatic nitrogens is 1. The first-order chi connectivity index (χ1) is 19.0. The molecule has 6 rings (SSSR count). The van der Waals surface area contributed by atoms with Gasteiger partial charge in [-0.05, 0) is 74.0 Å². The lowest BCUT2D eigenvalue weighted by molar-refractivity contribution is 0.0993. The Balaban J connectivity index is 1.16. The van der Waals surface area contributed by atoms with Crippen LogP contribution in [0, 0.1) is 5.92 Å². The second kappa shape index (κ2) is 11.0. The number of likely N-dealkylation sites (tertiary alicyclic amines) is 1. The first-order valence-electron chi connectivity index (χ1n) is 14.5. The minimum absolute atomic E-state index is 0.0192. The molecule has 1 amide bonds. The molecule has 39 heavy (non-hydrogen) atoms. The molecule has 2 saturated heterocycles. The van der Waals surface area contributed by atoms with Gasteiger partial charge in [-0.2, -0.15) is 0 Å². The van der Waals surface area contributed by atoms with Crippen LogP contribution in [-0.4, -0.2) is 62.2 Å². The number of carbonyl (C=O) groups excluding carboxylic acids is 1. The molecule has 0 spiro atoms. The third kappa shape index (κ3) is 5.27. The number of fused-ring (bicyclic) bond motifs is 2. The highest BCUT2D eigenvalue weighted by Gasteiger charge is 2.28. The number of anilines is 2. The van der Waals surface area contributed by atoms with Crippen molar-refractivity contribution in [1.82, 2.24) is 9.88 Å². The van der Waals surface area contributed by atoms with Crippen molar-refractivity contribution in [2.24, 2.45) is 5.92 Å². The number of hydrogen-bond acceptors (Lipinski definition) is 5. The molecule has 2 aromatic carbocycles. The van der Waals surface area contributed by atoms with Gasteiger partial charge in [0.05, 0.1) is 19.0 Å². The van der Waals surface area contributed by atoms with Crippen molar-refractivity contribution in [2.75, 3.05) is 50.1 Å². The van der Waals surface area contributed by atoms with E-state index in [1.807, 2.05) is 37.5 Å². The number of benzene rings is 2. The first-order valence-corrected chi connectivity index (χ1v) is 14.5. The third-order valence-electron chi connectivity index (χ3n) is 9.12. The normalized spacial score (nSPS) is 19.0. The molecule has 0 N–H and O–H groups in total. The van der Waals surface area contributed by atoms with Crippen molar-refractivity contribution >= 4 is 17.3 Å². The van der Waals surface area contributed by atoms with Gasteiger partial charge >= 0.3 is 0 Å². The molecule has 204 valence electrons. The number of amides is 1. The average Bonchev–Trinajstić information content (AvgIpc) is 3.07. The summed E-state index contributed by atoms with van der Waals surface area (Å²) in [4.78, 5) is 24.7. The molecule has 6 nitrogen and oxygen atoms in total. The number of rotatable bonds is 5. The summed E-state index contributed by atoms with van der Waals surface area (Å²) >= 11 is 0. The fraction of sp³-hybridized carbons (Fsp3) is 0.455. The zero-order chi connectivity index (χ0) is 26.9. The number of nitrogens with zero attached hydrogens (tertiary/aromatic N) is 4. The van der Waals surface area contributed by atoms with E-state index >= 15 is 0 Å². The minimum atomic E-state index is 0.0192. The maximum absolute atomic E-state index is 13.0. The molecule has 0 saturated carbocycles. The summed E-state index contributed by atoms with van der Waals surface area (Å²) in [6.07, 6.45) is 8.42. The van der Waals surface area contributed by atoms with Crippen LogP contribution < -0.4 is 14.5 Å². The van der Waals surface area contributed by atoms with Gasteiger partial charge in [-0.1, -0.05) is 31.2 Å². The average molecular weight is 525 g/mol. The Bertz CT molecular complexity index is 1340. The second-order valence-corrected chi connectivity index (χ2v) is 11.6. The van der Waals surface area contributed by atoms with Gasteiger partial charge in [0.2, 0.25) is 0 Å². The van der Waals surface area contributed by atoms with E-state index in [9.17, 15) is 4.79 Å². The lowest BCUT2D eigenvalue weighted by atomic mass is 9.94. The van der Waals surface area contributed by atoms with Crippen LogP contribution in [-0.2, 0) is 12.8 Å². The van der Waals surface area contributed by atoms with Crippen LogP contribution in [0.15, 0.2) is 54.7 Å². The molecule has 3 aromatic rings. The largest absolute Gasteiger partial charge is 0.496 e. The summed E-state index contributed by atoms with van der Waals surface area (Å²) in [5.41, 5.74) is 7.19. The molecular weight excluding hydrogens is 484 g/mol. The SMILES string of the molecule is COc1cc(N2CCC(N3CCC(C)CC3)CC2)ccc1Cc1cc2c(cn1)N(C)C(=O)c1ccccc1C2. The molecule has 3 aliphatic heterocycles. The Morgan fingerprint density at radius 1 is 0.949 bits per heavy atom. The molecule has 2 fully saturated rings. The van der Waals surface area contributed by atoms with Crippen molar-refractivity contribution in [3.8, 4) is 5.75 Å². The molecule has 0 radical (unpaired) electrons. The minimum Gasteiger partial charge on any atom is -0.496 e. The van der Waals surface area contributed by atoms with E-state index in [4.69, 9.17) is 9.72 Å². The van der Waals surface area contributed by atoms with Crippen LogP contribution in [0.1, 0.15) is 65.3 Å². The molecule has 0 unspecified atom stereocenters. The Morgan fingerprint density at radius 3 is 2.49 bits per heavy atom. The Labute approximate surface area is 232 Å². The molecule has 6 heteroatoms. The van der Waals surface area contributed by atoms with E-state index < -0.39 is 0 Å². The zero-order valence-electron chi connectivity index (χ0n) is 23.5. The molecule has 1 aromatic heterocycles. The molecule has 0 atom stereocenters. The highest BCUT2D eigenvalue weighted by atomic mass is 16.5. The fourth-order valence-electron chi connectivity index (χ4n) is 6.61. The molecule has 0 bridgehead atoms. The predicted octanol–water partition coefficient (Wildman–Crippen LogP) is 5.56. The van der Waals surface area contributed by atoms with Crippen LogP contribution in [0.2, 0.25) is 0 Å². The van der Waals surface area contributed by atoms with E-state index in [-0.39, 0.29) is 5.91 Å². The maximum Gasteiger partial charge on any atom is 0.258 e. The van der Waals surface area contributed by atoms with Crippen molar-refractivity contribution < 1.29 is 9.53 Å². The zero-order valence-corrected chi connectivity index (χ0v) is 23.5. The molecule has 3 aliphatic rings. The van der Waals surface area contributed by atoms with E-state index in [0.29, 0.717) is 6.42 Å². The molecule has 4 heterocycles. The molecule has 0 aliphatic carbocycles. The van der Waals surface area contributed by atoms with E-state index in [2.05, 4.69) is 41.0 Å². The summed E-state index contributed by atoms with van der Waals surface area (Å²) in [7, 11) is 3.59. The van der Waals surface area contributed by atoms with Gasteiger partial charge in [-0.15, -0.1) is 0 Å². The highest BCUT2D eigenvalue weighted by molar-refractivity contribution is 6.08. The summed E-state index contributed by atoms with van der Waals surface area (Å²) in [5, 5.41) is 0. The summed E-state index contributed by atoms with van der Waals surface area (Å²) in [5.74, 6) is 1.82. The van der Waals surface area contributed by atoms with E-state index in [1.165, 1.54) is 44.5 Å².